The van der Waals surface area contributed by atoms with Crippen LogP contribution in [0.3, 0.4) is 0 Å². The summed E-state index contributed by atoms with van der Waals surface area (Å²) >= 11 is 0. The molecule has 1 saturated heterocycles. The predicted octanol–water partition coefficient (Wildman–Crippen LogP) is 0.975. The second-order valence-corrected chi connectivity index (χ2v) is 6.49. The third kappa shape index (κ3) is 4.68. The Balaban J connectivity index is 1.59. The van der Waals surface area contributed by atoms with Gasteiger partial charge in [0.15, 0.2) is 0 Å². The Hall–Kier alpha value is -2.81. The molecule has 1 fully saturated rings. The smallest absolute Gasteiger partial charge is 0.246 e. The van der Waals surface area contributed by atoms with Gasteiger partial charge in [-0.05, 0) is 18.6 Å². The Morgan fingerprint density at radius 3 is 3.04 bits per heavy atom. The van der Waals surface area contributed by atoms with Gasteiger partial charge in [0.05, 0.1) is 19.1 Å². The fourth-order valence-corrected chi connectivity index (χ4v) is 3.04. The van der Waals surface area contributed by atoms with Crippen molar-refractivity contribution in [3.63, 3.8) is 0 Å². The molecule has 144 valence electrons. The van der Waals surface area contributed by atoms with E-state index in [4.69, 9.17) is 9.26 Å². The highest BCUT2D eigenvalue weighted by Crippen LogP contribution is 2.20. The molecule has 0 unspecified atom stereocenters. The lowest BCUT2D eigenvalue weighted by atomic mass is 9.96. The molecule has 0 spiro atoms. The van der Waals surface area contributed by atoms with E-state index in [2.05, 4.69) is 15.1 Å². The highest BCUT2D eigenvalue weighted by molar-refractivity contribution is 5.83. The van der Waals surface area contributed by atoms with E-state index < -0.39 is 0 Å². The van der Waals surface area contributed by atoms with E-state index in [0.717, 1.165) is 0 Å². The highest BCUT2D eigenvalue weighted by Gasteiger charge is 2.32. The van der Waals surface area contributed by atoms with Crippen molar-refractivity contribution < 1.29 is 18.8 Å². The molecule has 3 heterocycles. The van der Waals surface area contributed by atoms with Crippen LogP contribution in [0.4, 0.5) is 0 Å². The van der Waals surface area contributed by atoms with Gasteiger partial charge in [0.1, 0.15) is 5.69 Å². The molecule has 2 aromatic rings. The number of amides is 2. The minimum Gasteiger partial charge on any atom is -0.383 e. The van der Waals surface area contributed by atoms with E-state index in [1.807, 2.05) is 12.1 Å². The van der Waals surface area contributed by atoms with Gasteiger partial charge in [-0.2, -0.15) is 4.98 Å². The van der Waals surface area contributed by atoms with Gasteiger partial charge in [-0.3, -0.25) is 14.6 Å². The summed E-state index contributed by atoms with van der Waals surface area (Å²) in [5.74, 6) is 0.524. The second kappa shape index (κ2) is 8.72. The number of methoxy groups -OCH3 is 1. The Labute approximate surface area is 157 Å². The number of carbonyl (C=O) groups is 2. The molecule has 0 N–H and O–H groups in total. The summed E-state index contributed by atoms with van der Waals surface area (Å²) in [5, 5.41) is 3.91. The minimum atomic E-state index is -0.234. The average molecular weight is 373 g/mol. The summed E-state index contributed by atoms with van der Waals surface area (Å²) in [6.07, 6.45) is 2.58. The van der Waals surface area contributed by atoms with E-state index >= 15 is 0 Å². The van der Waals surface area contributed by atoms with Crippen LogP contribution in [0.5, 0.6) is 0 Å². The van der Waals surface area contributed by atoms with Crippen molar-refractivity contribution >= 4 is 11.8 Å². The third-order valence-electron chi connectivity index (χ3n) is 4.53. The fourth-order valence-electron chi connectivity index (χ4n) is 3.04. The Morgan fingerprint density at radius 2 is 2.30 bits per heavy atom. The SMILES string of the molecule is COCCN1C[C@@H](C(=O)N(C)Cc2nc(-c3ccccn3)no2)CCC1=O. The Bertz CT molecular complexity index is 779. The minimum absolute atomic E-state index is 0.0393. The Morgan fingerprint density at radius 1 is 1.44 bits per heavy atom. The first-order valence-electron chi connectivity index (χ1n) is 8.84. The topological polar surface area (TPSA) is 102 Å². The lowest BCUT2D eigenvalue weighted by molar-refractivity contribution is -0.143. The molecule has 0 aromatic carbocycles. The van der Waals surface area contributed by atoms with Crippen LogP contribution in [-0.4, -0.2) is 70.6 Å². The lowest BCUT2D eigenvalue weighted by Gasteiger charge is -2.33. The summed E-state index contributed by atoms with van der Waals surface area (Å²) < 4.78 is 10.3. The molecule has 2 aromatic heterocycles. The zero-order valence-electron chi connectivity index (χ0n) is 15.5. The van der Waals surface area contributed by atoms with Gasteiger partial charge < -0.3 is 19.1 Å². The molecule has 9 heteroatoms. The third-order valence-corrected chi connectivity index (χ3v) is 4.53. The van der Waals surface area contributed by atoms with Crippen molar-refractivity contribution in [3.05, 3.63) is 30.3 Å². The first kappa shape index (κ1) is 19.0. The number of hydrogen-bond donors (Lipinski definition) is 0. The van der Waals surface area contributed by atoms with Crippen molar-refractivity contribution in [2.75, 3.05) is 33.9 Å². The van der Waals surface area contributed by atoms with Crippen LogP contribution >= 0.6 is 0 Å². The van der Waals surface area contributed by atoms with Gasteiger partial charge >= 0.3 is 0 Å². The van der Waals surface area contributed by atoms with E-state index in [9.17, 15) is 9.59 Å². The van der Waals surface area contributed by atoms with Gasteiger partial charge in [-0.25, -0.2) is 0 Å². The lowest BCUT2D eigenvalue weighted by Crippen LogP contribution is -2.47. The summed E-state index contributed by atoms with van der Waals surface area (Å²) in [5.41, 5.74) is 0.612. The van der Waals surface area contributed by atoms with Crippen molar-refractivity contribution in [2.24, 2.45) is 5.92 Å². The molecule has 1 aliphatic rings. The summed E-state index contributed by atoms with van der Waals surface area (Å²) in [6, 6.07) is 5.44. The molecular formula is C18H23N5O4. The molecule has 0 bridgehead atoms. The molecule has 0 radical (unpaired) electrons. The van der Waals surface area contributed by atoms with E-state index in [1.54, 1.807) is 36.2 Å². The van der Waals surface area contributed by atoms with E-state index in [1.165, 1.54) is 0 Å². The number of ether oxygens (including phenoxy) is 1. The number of nitrogens with zero attached hydrogens (tertiary/aromatic N) is 5. The summed E-state index contributed by atoms with van der Waals surface area (Å²) in [7, 11) is 3.29. The van der Waals surface area contributed by atoms with Crippen LogP contribution in [0.2, 0.25) is 0 Å². The molecule has 0 saturated carbocycles. The molecule has 27 heavy (non-hydrogen) atoms. The number of likely N-dealkylation sites (tertiary alicyclic amines) is 1. The first-order valence-corrected chi connectivity index (χ1v) is 8.84. The molecule has 9 nitrogen and oxygen atoms in total. The molecule has 1 atom stereocenters. The highest BCUT2D eigenvalue weighted by atomic mass is 16.5. The number of rotatable bonds is 7. The van der Waals surface area contributed by atoms with Gasteiger partial charge in [-0.1, -0.05) is 11.2 Å². The molecule has 1 aliphatic heterocycles. The van der Waals surface area contributed by atoms with Crippen molar-refractivity contribution in [1.29, 1.82) is 0 Å². The maximum Gasteiger partial charge on any atom is 0.246 e. The summed E-state index contributed by atoms with van der Waals surface area (Å²) in [6.45, 7) is 1.58. The van der Waals surface area contributed by atoms with Crippen LogP contribution in [0.15, 0.2) is 28.9 Å². The van der Waals surface area contributed by atoms with Crippen LogP contribution in [0.1, 0.15) is 18.7 Å². The molecule has 0 aliphatic carbocycles. The molecular weight excluding hydrogens is 350 g/mol. The normalized spacial score (nSPS) is 17.2. The maximum absolute atomic E-state index is 12.8. The monoisotopic (exact) mass is 373 g/mol. The van der Waals surface area contributed by atoms with Gasteiger partial charge in [-0.15, -0.1) is 0 Å². The average Bonchev–Trinajstić information content (AvgIpc) is 3.16. The van der Waals surface area contributed by atoms with Crippen LogP contribution < -0.4 is 0 Å². The number of carbonyl (C=O) groups excluding carboxylic acids is 2. The van der Waals surface area contributed by atoms with Crippen molar-refractivity contribution in [2.45, 2.75) is 19.4 Å². The molecule has 3 rings (SSSR count). The first-order chi connectivity index (χ1) is 13.1. The van der Waals surface area contributed by atoms with Crippen LogP contribution in [0, 0.1) is 5.92 Å². The zero-order chi connectivity index (χ0) is 19.2. The standard InChI is InChI=1S/C18H23N5O4/c1-22(12-15-20-17(21-27-15)14-5-3-4-8-19-14)18(25)13-6-7-16(24)23(11-13)9-10-26-2/h3-5,8,13H,6-7,9-12H2,1-2H3/t13-/m0/s1. The van der Waals surface area contributed by atoms with Gasteiger partial charge in [0.25, 0.3) is 0 Å². The quantitative estimate of drug-likeness (QED) is 0.713. The molecule has 2 amide bonds. The van der Waals surface area contributed by atoms with E-state index in [-0.39, 0.29) is 24.3 Å². The Kier molecular flexibility index (Phi) is 6.12. The van der Waals surface area contributed by atoms with Crippen molar-refractivity contribution in [1.82, 2.24) is 24.9 Å². The van der Waals surface area contributed by atoms with Crippen LogP contribution in [-0.2, 0) is 20.9 Å². The number of piperidine rings is 1. The summed E-state index contributed by atoms with van der Waals surface area (Å²) in [4.78, 5) is 36.5. The van der Waals surface area contributed by atoms with Gasteiger partial charge in [0.2, 0.25) is 23.5 Å². The van der Waals surface area contributed by atoms with E-state index in [0.29, 0.717) is 49.9 Å². The predicted molar refractivity (Wildman–Crippen MR) is 95.2 cm³/mol. The largest absolute Gasteiger partial charge is 0.383 e. The zero-order valence-corrected chi connectivity index (χ0v) is 15.5. The number of aromatic nitrogens is 3. The number of pyridine rings is 1. The maximum atomic E-state index is 12.8. The fraction of sp³-hybridized carbons (Fsp3) is 0.500. The van der Waals surface area contributed by atoms with Crippen molar-refractivity contribution in [3.8, 4) is 11.5 Å². The second-order valence-electron chi connectivity index (χ2n) is 6.49. The van der Waals surface area contributed by atoms with Crippen LogP contribution in [0.25, 0.3) is 11.5 Å². The van der Waals surface area contributed by atoms with Gasteiger partial charge in [0, 0.05) is 39.9 Å². The number of hydrogen-bond acceptors (Lipinski definition) is 7.